The van der Waals surface area contributed by atoms with Gasteiger partial charge in [-0.25, -0.2) is 4.98 Å². The Labute approximate surface area is 96.1 Å². The van der Waals surface area contributed by atoms with Crippen molar-refractivity contribution in [2.75, 3.05) is 13.1 Å². The molecule has 0 unspecified atom stereocenters. The summed E-state index contributed by atoms with van der Waals surface area (Å²) in [6.07, 6.45) is 1.58. The number of rotatable bonds is 1. The molecule has 15 heavy (non-hydrogen) atoms. The van der Waals surface area contributed by atoms with Gasteiger partial charge in [0.2, 0.25) is 0 Å². The number of halogens is 1. The van der Waals surface area contributed by atoms with E-state index < -0.39 is 5.60 Å². The molecule has 1 aromatic heterocycles. The van der Waals surface area contributed by atoms with Gasteiger partial charge in [0.1, 0.15) is 4.60 Å². The Morgan fingerprint density at radius 3 is 2.87 bits per heavy atom. The van der Waals surface area contributed by atoms with Crippen molar-refractivity contribution >= 4 is 21.8 Å². The quantitative estimate of drug-likeness (QED) is 0.777. The monoisotopic (exact) mass is 270 g/mol. The summed E-state index contributed by atoms with van der Waals surface area (Å²) in [6.45, 7) is 2.51. The highest BCUT2D eigenvalue weighted by atomic mass is 79.9. The largest absolute Gasteiger partial charge is 0.386 e. The van der Waals surface area contributed by atoms with Crippen LogP contribution in [-0.4, -0.2) is 39.6 Å². The van der Waals surface area contributed by atoms with E-state index in [0.29, 0.717) is 23.3 Å². The number of hydrogen-bond acceptors (Lipinski definition) is 3. The zero-order chi connectivity index (χ0) is 11.1. The predicted molar refractivity (Wildman–Crippen MR) is 58.5 cm³/mol. The maximum absolute atomic E-state index is 11.8. The molecule has 1 saturated heterocycles. The van der Waals surface area contributed by atoms with Crippen LogP contribution >= 0.6 is 15.9 Å². The lowest BCUT2D eigenvalue weighted by atomic mass is 9.96. The molecule has 1 aliphatic rings. The summed E-state index contributed by atoms with van der Waals surface area (Å²) in [7, 11) is 0. The van der Waals surface area contributed by atoms with Gasteiger partial charge in [0.25, 0.3) is 5.91 Å². The first kappa shape index (κ1) is 10.6. The number of β-amino-alcohol motifs (C(OH)–C–C–N with tert-alkyl or cyclic N) is 1. The van der Waals surface area contributed by atoms with Gasteiger partial charge in [0.05, 0.1) is 18.7 Å². The lowest BCUT2D eigenvalue weighted by molar-refractivity contribution is -0.0668. The van der Waals surface area contributed by atoms with Crippen LogP contribution in [0.5, 0.6) is 0 Å². The molecule has 1 amide bonds. The molecular formula is C10H11BrN2O2. The van der Waals surface area contributed by atoms with Crippen LogP contribution in [0.4, 0.5) is 0 Å². The lowest BCUT2D eigenvalue weighted by Crippen LogP contribution is -2.61. The van der Waals surface area contributed by atoms with Gasteiger partial charge in [-0.2, -0.15) is 0 Å². The minimum Gasteiger partial charge on any atom is -0.386 e. The summed E-state index contributed by atoms with van der Waals surface area (Å²) < 4.78 is 0.639. The first-order valence-electron chi connectivity index (χ1n) is 4.61. The van der Waals surface area contributed by atoms with Crippen LogP contribution in [0.25, 0.3) is 0 Å². The van der Waals surface area contributed by atoms with Crippen molar-refractivity contribution in [3.05, 3.63) is 28.5 Å². The topological polar surface area (TPSA) is 53.4 Å². The molecule has 2 heterocycles. The van der Waals surface area contributed by atoms with E-state index in [1.807, 2.05) is 0 Å². The number of hydrogen-bond donors (Lipinski definition) is 1. The van der Waals surface area contributed by atoms with E-state index in [9.17, 15) is 9.90 Å². The number of nitrogens with zero attached hydrogens (tertiary/aromatic N) is 2. The maximum atomic E-state index is 11.8. The highest BCUT2D eigenvalue weighted by molar-refractivity contribution is 9.10. The minimum atomic E-state index is -0.722. The van der Waals surface area contributed by atoms with Crippen LogP contribution in [0.3, 0.4) is 0 Å². The fourth-order valence-corrected chi connectivity index (χ4v) is 2.00. The highest BCUT2D eigenvalue weighted by Gasteiger charge is 2.39. The number of pyridine rings is 1. The van der Waals surface area contributed by atoms with Gasteiger partial charge in [-0.15, -0.1) is 0 Å². The predicted octanol–water partition coefficient (Wildman–Crippen LogP) is 1.05. The van der Waals surface area contributed by atoms with E-state index in [4.69, 9.17) is 0 Å². The normalized spacial score (nSPS) is 18.5. The zero-order valence-corrected chi connectivity index (χ0v) is 9.86. The molecule has 0 aliphatic carbocycles. The summed E-state index contributed by atoms with van der Waals surface area (Å²) in [6, 6.07) is 3.34. The highest BCUT2D eigenvalue weighted by Crippen LogP contribution is 2.22. The third kappa shape index (κ3) is 2.18. The Bertz CT molecular complexity index is 398. The summed E-state index contributed by atoms with van der Waals surface area (Å²) >= 11 is 3.21. The first-order chi connectivity index (χ1) is 6.98. The molecule has 1 fully saturated rings. The second kappa shape index (κ2) is 3.57. The van der Waals surface area contributed by atoms with Crippen molar-refractivity contribution in [3.8, 4) is 0 Å². The summed E-state index contributed by atoms with van der Waals surface area (Å²) in [5.41, 5.74) is -0.132. The minimum absolute atomic E-state index is 0.0652. The maximum Gasteiger partial charge on any atom is 0.254 e. The molecule has 0 spiro atoms. The molecule has 2 rings (SSSR count). The van der Waals surface area contributed by atoms with E-state index in [1.54, 1.807) is 30.2 Å². The van der Waals surface area contributed by atoms with Gasteiger partial charge in [-0.3, -0.25) is 4.79 Å². The van der Waals surface area contributed by atoms with E-state index in [-0.39, 0.29) is 5.91 Å². The Morgan fingerprint density at radius 1 is 1.67 bits per heavy atom. The average Bonchev–Trinajstić information content (AvgIpc) is 2.13. The molecule has 0 aromatic carbocycles. The van der Waals surface area contributed by atoms with Gasteiger partial charge < -0.3 is 10.0 Å². The summed E-state index contributed by atoms with van der Waals surface area (Å²) in [5.74, 6) is -0.0652. The Hall–Kier alpha value is -0.940. The lowest BCUT2D eigenvalue weighted by Gasteiger charge is -2.44. The summed E-state index contributed by atoms with van der Waals surface area (Å²) in [4.78, 5) is 17.4. The number of aromatic nitrogens is 1. The standard InChI is InChI=1S/C10H11BrN2O2/c1-10(15)5-13(6-10)9(14)7-2-3-12-8(11)4-7/h2-4,15H,5-6H2,1H3. The van der Waals surface area contributed by atoms with Gasteiger partial charge in [-0.1, -0.05) is 0 Å². The average molecular weight is 271 g/mol. The molecule has 1 N–H and O–H groups in total. The molecule has 0 radical (unpaired) electrons. The fraction of sp³-hybridized carbons (Fsp3) is 0.400. The third-order valence-corrected chi connectivity index (χ3v) is 2.76. The Morgan fingerprint density at radius 2 is 2.33 bits per heavy atom. The SMILES string of the molecule is CC1(O)CN(C(=O)c2ccnc(Br)c2)C1. The van der Waals surface area contributed by atoms with Crippen molar-refractivity contribution in [3.63, 3.8) is 0 Å². The van der Waals surface area contributed by atoms with Gasteiger partial charge >= 0.3 is 0 Å². The van der Waals surface area contributed by atoms with E-state index in [1.165, 1.54) is 0 Å². The molecule has 1 aromatic rings. The van der Waals surface area contributed by atoms with E-state index >= 15 is 0 Å². The number of aliphatic hydroxyl groups is 1. The molecule has 1 aliphatic heterocycles. The van der Waals surface area contributed by atoms with Crippen LogP contribution < -0.4 is 0 Å². The van der Waals surface area contributed by atoms with Crippen molar-refractivity contribution in [2.24, 2.45) is 0 Å². The first-order valence-corrected chi connectivity index (χ1v) is 5.40. The van der Waals surface area contributed by atoms with Crippen molar-refractivity contribution in [2.45, 2.75) is 12.5 Å². The Balaban J connectivity index is 2.10. The molecule has 0 bridgehead atoms. The van der Waals surface area contributed by atoms with Crippen LogP contribution in [0.2, 0.25) is 0 Å². The third-order valence-electron chi connectivity index (χ3n) is 2.32. The van der Waals surface area contributed by atoms with Crippen molar-refractivity contribution in [1.82, 2.24) is 9.88 Å². The summed E-state index contributed by atoms with van der Waals surface area (Å²) in [5, 5.41) is 9.52. The molecule has 4 nitrogen and oxygen atoms in total. The number of likely N-dealkylation sites (tertiary alicyclic amines) is 1. The van der Waals surface area contributed by atoms with Crippen LogP contribution in [-0.2, 0) is 0 Å². The molecule has 5 heteroatoms. The fourth-order valence-electron chi connectivity index (χ4n) is 1.64. The van der Waals surface area contributed by atoms with Gasteiger partial charge in [0.15, 0.2) is 0 Å². The number of amides is 1. The molecule has 0 atom stereocenters. The number of carbonyl (C=O) groups is 1. The molecular weight excluding hydrogens is 260 g/mol. The Kier molecular flexibility index (Phi) is 2.52. The zero-order valence-electron chi connectivity index (χ0n) is 8.27. The van der Waals surface area contributed by atoms with Gasteiger partial charge in [-0.05, 0) is 35.0 Å². The van der Waals surface area contributed by atoms with Crippen LogP contribution in [0, 0.1) is 0 Å². The van der Waals surface area contributed by atoms with Crippen LogP contribution in [0.1, 0.15) is 17.3 Å². The van der Waals surface area contributed by atoms with Gasteiger partial charge in [0, 0.05) is 11.8 Å². The van der Waals surface area contributed by atoms with Crippen LogP contribution in [0.15, 0.2) is 22.9 Å². The van der Waals surface area contributed by atoms with E-state index in [2.05, 4.69) is 20.9 Å². The second-order valence-electron chi connectivity index (χ2n) is 4.03. The van der Waals surface area contributed by atoms with Crippen molar-refractivity contribution < 1.29 is 9.90 Å². The number of carbonyl (C=O) groups excluding carboxylic acids is 1. The van der Waals surface area contributed by atoms with E-state index in [0.717, 1.165) is 0 Å². The molecule has 80 valence electrons. The second-order valence-corrected chi connectivity index (χ2v) is 4.84. The van der Waals surface area contributed by atoms with Crippen molar-refractivity contribution in [1.29, 1.82) is 0 Å². The molecule has 0 saturated carbocycles. The smallest absolute Gasteiger partial charge is 0.254 e.